The van der Waals surface area contributed by atoms with E-state index in [0.717, 1.165) is 24.1 Å². The number of nitriles is 1. The maximum absolute atomic E-state index is 8.95. The van der Waals surface area contributed by atoms with E-state index in [-0.39, 0.29) is 12.6 Å². The number of nitrogens with zero attached hydrogens (tertiary/aromatic N) is 1. The minimum atomic E-state index is 0.216. The highest BCUT2D eigenvalue weighted by Gasteiger charge is 2.05. The Bertz CT molecular complexity index is 614. The summed E-state index contributed by atoms with van der Waals surface area (Å²) in [6.07, 6.45) is 0.767. The number of rotatable bonds is 6. The first-order valence-corrected chi connectivity index (χ1v) is 7.19. The number of hydrogen-bond acceptors (Lipinski definition) is 3. The number of aliphatic hydroxyl groups is 1. The topological polar surface area (TPSA) is 56.0 Å². The van der Waals surface area contributed by atoms with Crippen LogP contribution in [-0.2, 0) is 0 Å². The monoisotopic (exact) mass is 280 g/mol. The molecule has 0 saturated carbocycles. The summed E-state index contributed by atoms with van der Waals surface area (Å²) in [6.45, 7) is 3.14. The fourth-order valence-electron chi connectivity index (χ4n) is 2.25. The molecule has 0 amide bonds. The Hall–Kier alpha value is -2.15. The molecule has 2 aromatic rings. The molecule has 0 aliphatic carbocycles. The summed E-state index contributed by atoms with van der Waals surface area (Å²) in [5, 5.41) is 21.1. The molecule has 108 valence electrons. The lowest BCUT2D eigenvalue weighted by Crippen LogP contribution is -2.20. The zero-order chi connectivity index (χ0) is 15.1. The molecule has 0 radical (unpaired) electrons. The summed E-state index contributed by atoms with van der Waals surface area (Å²) in [7, 11) is 0. The van der Waals surface area contributed by atoms with Crippen molar-refractivity contribution in [2.45, 2.75) is 19.4 Å². The van der Waals surface area contributed by atoms with Crippen LogP contribution in [0.2, 0.25) is 0 Å². The second-order valence-electron chi connectivity index (χ2n) is 5.07. The van der Waals surface area contributed by atoms with Crippen LogP contribution in [0.5, 0.6) is 0 Å². The van der Waals surface area contributed by atoms with E-state index in [9.17, 15) is 0 Å². The van der Waals surface area contributed by atoms with Crippen LogP contribution < -0.4 is 5.32 Å². The third kappa shape index (κ3) is 4.16. The highest BCUT2D eigenvalue weighted by Crippen LogP contribution is 2.22. The predicted octanol–water partition coefficient (Wildman–Crippen LogP) is 3.26. The predicted molar refractivity (Wildman–Crippen MR) is 84.7 cm³/mol. The van der Waals surface area contributed by atoms with E-state index in [2.05, 4.69) is 42.6 Å². The van der Waals surface area contributed by atoms with E-state index < -0.39 is 0 Å². The van der Waals surface area contributed by atoms with Crippen molar-refractivity contribution in [2.24, 2.45) is 0 Å². The van der Waals surface area contributed by atoms with Crippen LogP contribution in [0.25, 0.3) is 11.1 Å². The molecule has 0 heterocycles. The Morgan fingerprint density at radius 1 is 1.14 bits per heavy atom. The van der Waals surface area contributed by atoms with E-state index in [4.69, 9.17) is 10.4 Å². The zero-order valence-corrected chi connectivity index (χ0v) is 12.2. The van der Waals surface area contributed by atoms with Gasteiger partial charge in [-0.15, -0.1) is 0 Å². The molecule has 3 heteroatoms. The van der Waals surface area contributed by atoms with Gasteiger partial charge in [-0.3, -0.25) is 0 Å². The summed E-state index contributed by atoms with van der Waals surface area (Å²) in [4.78, 5) is 0. The van der Waals surface area contributed by atoms with E-state index in [1.165, 1.54) is 5.56 Å². The van der Waals surface area contributed by atoms with Crippen molar-refractivity contribution in [3.63, 3.8) is 0 Å². The van der Waals surface area contributed by atoms with Crippen LogP contribution in [-0.4, -0.2) is 18.3 Å². The van der Waals surface area contributed by atoms with Crippen LogP contribution in [0.4, 0.5) is 0 Å². The summed E-state index contributed by atoms with van der Waals surface area (Å²) in [5.41, 5.74) is 4.06. The molecule has 2 aromatic carbocycles. The van der Waals surface area contributed by atoms with Gasteiger partial charge in [0.2, 0.25) is 0 Å². The number of benzene rings is 2. The molecule has 0 bridgehead atoms. The molecule has 0 unspecified atom stereocenters. The van der Waals surface area contributed by atoms with E-state index in [1.807, 2.05) is 24.3 Å². The molecular formula is C18H20N2O. The van der Waals surface area contributed by atoms with Gasteiger partial charge in [-0.05, 0) is 48.7 Å². The Balaban J connectivity index is 2.09. The first kappa shape index (κ1) is 15.2. The van der Waals surface area contributed by atoms with E-state index in [1.54, 1.807) is 0 Å². The quantitative estimate of drug-likeness (QED) is 0.799. The van der Waals surface area contributed by atoms with Crippen LogP contribution >= 0.6 is 0 Å². The Kier molecular flexibility index (Phi) is 5.51. The number of nitrogens with one attached hydrogen (secondary N) is 1. The standard InChI is InChI=1S/C18H20N2O/c1-14(20-10-3-11-21)16-6-8-17(9-7-16)18-5-2-4-15(12-18)13-19/h2,4-9,12,14,20-21H,3,10-11H2,1H3/t14-/m1/s1. The SMILES string of the molecule is C[C@@H](NCCCO)c1ccc(-c2cccc(C#N)c2)cc1. The van der Waals surface area contributed by atoms with Crippen LogP contribution in [0.1, 0.15) is 30.5 Å². The van der Waals surface area contributed by atoms with E-state index >= 15 is 0 Å². The molecule has 0 aromatic heterocycles. The van der Waals surface area contributed by atoms with Crippen LogP contribution in [0.3, 0.4) is 0 Å². The van der Waals surface area contributed by atoms with Gasteiger partial charge in [-0.1, -0.05) is 36.4 Å². The molecule has 0 spiro atoms. The zero-order valence-electron chi connectivity index (χ0n) is 12.2. The molecule has 1 atom stereocenters. The fourth-order valence-corrected chi connectivity index (χ4v) is 2.25. The molecule has 3 nitrogen and oxygen atoms in total. The summed E-state index contributed by atoms with van der Waals surface area (Å²) in [5.74, 6) is 0. The third-order valence-corrected chi connectivity index (χ3v) is 3.52. The minimum absolute atomic E-state index is 0.216. The van der Waals surface area contributed by atoms with Gasteiger partial charge in [0.25, 0.3) is 0 Å². The third-order valence-electron chi connectivity index (χ3n) is 3.52. The lowest BCUT2D eigenvalue weighted by Gasteiger charge is -2.14. The Morgan fingerprint density at radius 2 is 1.90 bits per heavy atom. The molecule has 2 N–H and O–H groups in total. The van der Waals surface area contributed by atoms with Crippen molar-refractivity contribution >= 4 is 0 Å². The van der Waals surface area contributed by atoms with Crippen molar-refractivity contribution < 1.29 is 5.11 Å². The van der Waals surface area contributed by atoms with Crippen molar-refractivity contribution in [3.05, 3.63) is 59.7 Å². The number of aliphatic hydroxyl groups excluding tert-OH is 1. The van der Waals surface area contributed by atoms with Gasteiger partial charge in [0.15, 0.2) is 0 Å². The molecular weight excluding hydrogens is 260 g/mol. The lowest BCUT2D eigenvalue weighted by molar-refractivity contribution is 0.284. The first-order chi connectivity index (χ1) is 10.2. The molecule has 2 rings (SSSR count). The second kappa shape index (κ2) is 7.58. The molecule has 21 heavy (non-hydrogen) atoms. The largest absolute Gasteiger partial charge is 0.396 e. The van der Waals surface area contributed by atoms with Gasteiger partial charge >= 0.3 is 0 Å². The van der Waals surface area contributed by atoms with Crippen molar-refractivity contribution in [1.82, 2.24) is 5.32 Å². The normalized spacial score (nSPS) is 11.9. The van der Waals surface area contributed by atoms with Crippen LogP contribution in [0, 0.1) is 11.3 Å². The van der Waals surface area contributed by atoms with Gasteiger partial charge in [0, 0.05) is 12.6 Å². The van der Waals surface area contributed by atoms with Crippen LogP contribution in [0.15, 0.2) is 48.5 Å². The smallest absolute Gasteiger partial charge is 0.0991 e. The maximum atomic E-state index is 8.95. The summed E-state index contributed by atoms with van der Waals surface area (Å²) >= 11 is 0. The number of hydrogen-bond donors (Lipinski definition) is 2. The summed E-state index contributed by atoms with van der Waals surface area (Å²) in [6, 6.07) is 18.4. The average Bonchev–Trinajstić information content (AvgIpc) is 2.55. The van der Waals surface area contributed by atoms with Gasteiger partial charge < -0.3 is 10.4 Å². The molecule has 0 aliphatic rings. The first-order valence-electron chi connectivity index (χ1n) is 7.19. The maximum Gasteiger partial charge on any atom is 0.0991 e. The Labute approximate surface area is 125 Å². The minimum Gasteiger partial charge on any atom is -0.396 e. The van der Waals surface area contributed by atoms with Crippen molar-refractivity contribution in [3.8, 4) is 17.2 Å². The molecule has 0 aliphatic heterocycles. The van der Waals surface area contributed by atoms with E-state index in [0.29, 0.717) is 5.56 Å². The highest BCUT2D eigenvalue weighted by atomic mass is 16.3. The average molecular weight is 280 g/mol. The van der Waals surface area contributed by atoms with Gasteiger partial charge in [0.1, 0.15) is 0 Å². The molecule has 0 fully saturated rings. The Morgan fingerprint density at radius 3 is 2.57 bits per heavy atom. The second-order valence-corrected chi connectivity index (χ2v) is 5.07. The lowest BCUT2D eigenvalue weighted by atomic mass is 10.00. The van der Waals surface area contributed by atoms with Crippen molar-refractivity contribution in [1.29, 1.82) is 5.26 Å². The summed E-state index contributed by atoms with van der Waals surface area (Å²) < 4.78 is 0. The fraction of sp³-hybridized carbons (Fsp3) is 0.278. The van der Waals surface area contributed by atoms with Gasteiger partial charge in [-0.25, -0.2) is 0 Å². The van der Waals surface area contributed by atoms with Gasteiger partial charge in [0.05, 0.1) is 11.6 Å². The molecule has 0 saturated heterocycles. The van der Waals surface area contributed by atoms with Gasteiger partial charge in [-0.2, -0.15) is 5.26 Å². The van der Waals surface area contributed by atoms with Crippen molar-refractivity contribution in [2.75, 3.05) is 13.2 Å². The highest BCUT2D eigenvalue weighted by molar-refractivity contribution is 5.65.